The summed E-state index contributed by atoms with van der Waals surface area (Å²) in [6, 6.07) is 14.0. The molecule has 0 unspecified atom stereocenters. The first kappa shape index (κ1) is 24.1. The Morgan fingerprint density at radius 3 is 2.56 bits per heavy atom. The summed E-state index contributed by atoms with van der Waals surface area (Å²) >= 11 is 5.34. The zero-order chi connectivity index (χ0) is 24.4. The van der Waals surface area contributed by atoms with E-state index in [1.165, 1.54) is 4.90 Å². The molecule has 1 saturated heterocycles. The molecule has 0 aliphatic carbocycles. The van der Waals surface area contributed by atoms with Gasteiger partial charge in [0, 0.05) is 6.42 Å². The van der Waals surface area contributed by atoms with Crippen molar-refractivity contribution in [1.29, 1.82) is 0 Å². The summed E-state index contributed by atoms with van der Waals surface area (Å²) in [5.41, 5.74) is 3.99. The topological polar surface area (TPSA) is 86.7 Å². The monoisotopic (exact) mass is 478 g/mol. The molecule has 2 aliphatic rings. The van der Waals surface area contributed by atoms with Crippen LogP contribution in [0.1, 0.15) is 56.7 Å². The Morgan fingerprint density at radius 2 is 1.88 bits per heavy atom. The van der Waals surface area contributed by atoms with Gasteiger partial charge in [-0.1, -0.05) is 68.5 Å². The third-order valence-corrected chi connectivity index (χ3v) is 7.68. The van der Waals surface area contributed by atoms with Crippen molar-refractivity contribution >= 4 is 34.9 Å². The zero-order valence-corrected chi connectivity index (χ0v) is 20.3. The Morgan fingerprint density at radius 1 is 1.15 bits per heavy atom. The van der Waals surface area contributed by atoms with E-state index in [0.29, 0.717) is 19.3 Å². The summed E-state index contributed by atoms with van der Waals surface area (Å²) in [7, 11) is 0. The highest BCUT2D eigenvalue weighted by Crippen LogP contribution is 2.40. The highest BCUT2D eigenvalue weighted by molar-refractivity contribution is 7.82. The minimum absolute atomic E-state index is 0.0777. The summed E-state index contributed by atoms with van der Waals surface area (Å²) in [5, 5.41) is 12.8. The molecular weight excluding hydrogens is 448 g/mol. The maximum Gasteiger partial charge on any atom is 0.326 e. The van der Waals surface area contributed by atoms with Crippen LogP contribution in [0.25, 0.3) is 11.1 Å². The molecule has 34 heavy (non-hydrogen) atoms. The average molecular weight is 479 g/mol. The van der Waals surface area contributed by atoms with Crippen LogP contribution in [0.4, 0.5) is 0 Å². The molecule has 0 bridgehead atoms. The lowest BCUT2D eigenvalue weighted by Gasteiger charge is -2.40. The van der Waals surface area contributed by atoms with Gasteiger partial charge in [-0.15, -0.1) is 0 Å². The molecule has 178 valence electrons. The van der Waals surface area contributed by atoms with Crippen LogP contribution in [-0.2, 0) is 20.8 Å². The standard InChI is InChI=1S/C27H30N2O4S/c1-3-16(2)24(34)25(30)28-21-15-19-13-12-18(17-8-5-4-6-9-17)14-20(19)22-10-7-11-23(27(32)33)29(22)26(21)31/h4-6,8-9,12-14,16,21-23H,3,7,10-11,15H2,1-2H3,(H,28,30)(H,32,33)/t16-,21+,22-,23+/m1/s1. The smallest absolute Gasteiger partial charge is 0.326 e. The number of carboxylic acid groups (broad SMARTS) is 1. The molecule has 0 saturated carbocycles. The molecule has 4 atom stereocenters. The van der Waals surface area contributed by atoms with E-state index >= 15 is 0 Å². The van der Waals surface area contributed by atoms with Gasteiger partial charge in [-0.2, -0.15) is 0 Å². The number of nitrogens with one attached hydrogen (secondary N) is 1. The van der Waals surface area contributed by atoms with Crippen LogP contribution in [0.15, 0.2) is 48.5 Å². The molecule has 2 aliphatic heterocycles. The van der Waals surface area contributed by atoms with Gasteiger partial charge in [0.1, 0.15) is 12.1 Å². The second-order valence-corrected chi connectivity index (χ2v) is 9.67. The fourth-order valence-corrected chi connectivity index (χ4v) is 5.22. The Labute approximate surface area is 205 Å². The van der Waals surface area contributed by atoms with Gasteiger partial charge in [-0.3, -0.25) is 9.59 Å². The molecule has 6 nitrogen and oxygen atoms in total. The number of piperidine rings is 1. The largest absolute Gasteiger partial charge is 0.480 e. The number of rotatable bonds is 6. The van der Waals surface area contributed by atoms with Gasteiger partial charge >= 0.3 is 5.97 Å². The number of nitrogens with zero attached hydrogens (tertiary/aromatic N) is 1. The first-order valence-electron chi connectivity index (χ1n) is 11.9. The molecule has 0 aromatic heterocycles. The summed E-state index contributed by atoms with van der Waals surface area (Å²) < 4.78 is 0. The van der Waals surface area contributed by atoms with Crippen LogP contribution in [-0.4, -0.2) is 44.7 Å². The highest BCUT2D eigenvalue weighted by Gasteiger charge is 2.44. The minimum atomic E-state index is -1.01. The number of carboxylic acids is 1. The van der Waals surface area contributed by atoms with E-state index < -0.39 is 24.0 Å². The molecule has 2 heterocycles. The molecular formula is C27H30N2O4S. The first-order valence-corrected chi connectivity index (χ1v) is 12.3. The van der Waals surface area contributed by atoms with Gasteiger partial charge in [-0.05, 0) is 59.9 Å². The molecule has 2 amide bonds. The summed E-state index contributed by atoms with van der Waals surface area (Å²) in [4.78, 5) is 40.5. The highest BCUT2D eigenvalue weighted by atomic mass is 32.1. The van der Waals surface area contributed by atoms with Crippen molar-refractivity contribution in [2.45, 2.75) is 64.1 Å². The molecule has 4 rings (SSSR count). The Kier molecular flexibility index (Phi) is 7.12. The van der Waals surface area contributed by atoms with Crippen molar-refractivity contribution in [1.82, 2.24) is 10.2 Å². The second kappa shape index (κ2) is 10.1. The quantitative estimate of drug-likeness (QED) is 0.604. The number of carbonyl (C=O) groups is 3. The summed E-state index contributed by atoms with van der Waals surface area (Å²) in [6.07, 6.45) is 2.84. The van der Waals surface area contributed by atoms with Gasteiger partial charge in [0.2, 0.25) is 5.91 Å². The molecule has 0 radical (unpaired) electrons. The lowest BCUT2D eigenvalue weighted by molar-refractivity contribution is -0.156. The van der Waals surface area contributed by atoms with Crippen LogP contribution in [0, 0.1) is 5.92 Å². The van der Waals surface area contributed by atoms with Crippen LogP contribution in [0.2, 0.25) is 0 Å². The van der Waals surface area contributed by atoms with Crippen molar-refractivity contribution in [3.05, 3.63) is 59.7 Å². The number of hydrogen-bond acceptors (Lipinski definition) is 4. The first-order chi connectivity index (χ1) is 16.3. The van der Waals surface area contributed by atoms with Crippen LogP contribution in [0.5, 0.6) is 0 Å². The SMILES string of the molecule is CC[C@@H](C)C(=S)C(=O)N[C@H]1Cc2ccc(-c3ccccc3)cc2[C@H]2CCC[C@@H](C(=O)O)N2C1=O. The number of fused-ring (bicyclic) bond motifs is 3. The normalized spacial score (nSPS) is 22.7. The number of amides is 2. The van der Waals surface area contributed by atoms with Crippen LogP contribution in [0.3, 0.4) is 0 Å². The van der Waals surface area contributed by atoms with Crippen molar-refractivity contribution in [3.8, 4) is 11.1 Å². The maximum atomic E-state index is 13.7. The van der Waals surface area contributed by atoms with Gasteiger partial charge in [0.15, 0.2) is 0 Å². The number of aliphatic carboxylic acids is 1. The predicted octanol–water partition coefficient (Wildman–Crippen LogP) is 4.32. The Hall–Kier alpha value is -3.06. The van der Waals surface area contributed by atoms with Gasteiger partial charge in [-0.25, -0.2) is 4.79 Å². The van der Waals surface area contributed by atoms with Crippen molar-refractivity contribution in [3.63, 3.8) is 0 Å². The van der Waals surface area contributed by atoms with E-state index in [-0.39, 0.29) is 22.7 Å². The van der Waals surface area contributed by atoms with Gasteiger partial charge in [0.05, 0.1) is 10.9 Å². The van der Waals surface area contributed by atoms with E-state index in [0.717, 1.165) is 35.1 Å². The predicted molar refractivity (Wildman–Crippen MR) is 134 cm³/mol. The van der Waals surface area contributed by atoms with Crippen molar-refractivity contribution in [2.24, 2.45) is 5.92 Å². The van der Waals surface area contributed by atoms with Crippen LogP contribution < -0.4 is 5.32 Å². The third kappa shape index (κ3) is 4.62. The van der Waals surface area contributed by atoms with Crippen molar-refractivity contribution in [2.75, 3.05) is 0 Å². The van der Waals surface area contributed by atoms with Gasteiger partial charge in [0.25, 0.3) is 5.91 Å². The Balaban J connectivity index is 1.76. The fraction of sp³-hybridized carbons (Fsp3) is 0.407. The summed E-state index contributed by atoms with van der Waals surface area (Å²) in [5.74, 6) is -1.87. The fourth-order valence-electron chi connectivity index (χ4n) is 4.99. The van der Waals surface area contributed by atoms with E-state index in [2.05, 4.69) is 11.4 Å². The lowest BCUT2D eigenvalue weighted by Crippen LogP contribution is -2.56. The van der Waals surface area contributed by atoms with E-state index in [9.17, 15) is 19.5 Å². The molecule has 7 heteroatoms. The van der Waals surface area contributed by atoms with E-state index in [1.54, 1.807) is 0 Å². The van der Waals surface area contributed by atoms with E-state index in [4.69, 9.17) is 12.2 Å². The lowest BCUT2D eigenvalue weighted by atomic mass is 9.87. The van der Waals surface area contributed by atoms with Gasteiger partial charge < -0.3 is 15.3 Å². The second-order valence-electron chi connectivity index (χ2n) is 9.23. The van der Waals surface area contributed by atoms with Crippen LogP contribution >= 0.6 is 12.2 Å². The average Bonchev–Trinajstić information content (AvgIpc) is 2.97. The van der Waals surface area contributed by atoms with Crippen molar-refractivity contribution < 1.29 is 19.5 Å². The zero-order valence-electron chi connectivity index (χ0n) is 19.5. The number of thiocarbonyl (C=S) groups is 1. The maximum absolute atomic E-state index is 13.7. The third-order valence-electron chi connectivity index (χ3n) is 7.09. The molecule has 2 N–H and O–H groups in total. The minimum Gasteiger partial charge on any atom is -0.480 e. The molecule has 2 aromatic rings. The molecule has 0 spiro atoms. The molecule has 2 aromatic carbocycles. The summed E-state index contributed by atoms with van der Waals surface area (Å²) in [6.45, 7) is 3.84. The number of benzene rings is 2. The Bertz CT molecular complexity index is 1120. The molecule has 1 fully saturated rings. The van der Waals surface area contributed by atoms with E-state index in [1.807, 2.05) is 56.3 Å². The number of carbonyl (C=O) groups excluding carboxylic acids is 2. The number of hydrogen-bond donors (Lipinski definition) is 2.